The van der Waals surface area contributed by atoms with Crippen LogP contribution in [0.1, 0.15) is 25.8 Å². The van der Waals surface area contributed by atoms with E-state index in [4.69, 9.17) is 9.47 Å². The van der Waals surface area contributed by atoms with E-state index in [-0.39, 0.29) is 19.6 Å². The van der Waals surface area contributed by atoms with Crippen molar-refractivity contribution in [2.24, 2.45) is 5.41 Å². The third-order valence-corrected chi connectivity index (χ3v) is 4.86. The molecule has 1 saturated heterocycles. The van der Waals surface area contributed by atoms with Crippen molar-refractivity contribution in [2.75, 3.05) is 13.7 Å². The number of hydrogen-bond donors (Lipinski definition) is 1. The van der Waals surface area contributed by atoms with Crippen LogP contribution in [0.4, 0.5) is 18.0 Å². The first-order valence-electron chi connectivity index (χ1n) is 8.92. The monoisotopic (exact) mass is 416 g/mol. The maximum atomic E-state index is 12.7. The van der Waals surface area contributed by atoms with Gasteiger partial charge in [-0.05, 0) is 25.8 Å². The van der Waals surface area contributed by atoms with Gasteiger partial charge in [-0.1, -0.05) is 30.3 Å². The zero-order valence-corrected chi connectivity index (χ0v) is 16.3. The quantitative estimate of drug-likeness (QED) is 0.746. The average Bonchev–Trinajstić information content (AvgIpc) is 3.09. The number of rotatable bonds is 5. The number of alkyl halides is 3. The van der Waals surface area contributed by atoms with Gasteiger partial charge in [0.15, 0.2) is 0 Å². The minimum absolute atomic E-state index is 0.0154. The minimum atomic E-state index is -5.08. The lowest BCUT2D eigenvalue weighted by molar-refractivity contribution is -0.175. The van der Waals surface area contributed by atoms with Crippen LogP contribution in [-0.4, -0.2) is 54.8 Å². The van der Waals surface area contributed by atoms with Gasteiger partial charge in [0.1, 0.15) is 6.61 Å². The molecule has 29 heavy (non-hydrogen) atoms. The van der Waals surface area contributed by atoms with Gasteiger partial charge in [0.05, 0.1) is 24.6 Å². The Morgan fingerprint density at radius 3 is 2.34 bits per heavy atom. The molecular weight excluding hydrogens is 393 g/mol. The smallest absolute Gasteiger partial charge is 0.469 e. The van der Waals surface area contributed by atoms with Crippen LogP contribution in [0.15, 0.2) is 30.3 Å². The van der Waals surface area contributed by atoms with E-state index in [1.54, 1.807) is 30.3 Å². The molecule has 1 heterocycles. The highest BCUT2D eigenvalue weighted by molar-refractivity contribution is 5.83. The van der Waals surface area contributed by atoms with Crippen molar-refractivity contribution in [1.82, 2.24) is 10.2 Å². The van der Waals surface area contributed by atoms with Gasteiger partial charge < -0.3 is 19.7 Å². The van der Waals surface area contributed by atoms with Crippen molar-refractivity contribution >= 4 is 18.0 Å². The highest BCUT2D eigenvalue weighted by atomic mass is 19.4. The molecule has 1 aliphatic heterocycles. The second-order valence-electron chi connectivity index (χ2n) is 7.26. The molecule has 10 heteroatoms. The Balaban J connectivity index is 2.22. The molecule has 0 aliphatic carbocycles. The number of nitrogens with one attached hydrogen (secondary N) is 1. The van der Waals surface area contributed by atoms with Crippen LogP contribution in [0.25, 0.3) is 0 Å². The lowest BCUT2D eigenvalue weighted by atomic mass is 9.80. The molecular formula is C19H23F3N2O5. The highest BCUT2D eigenvalue weighted by Gasteiger charge is 2.53. The van der Waals surface area contributed by atoms with Gasteiger partial charge >= 0.3 is 24.1 Å². The van der Waals surface area contributed by atoms with Crippen molar-refractivity contribution in [3.05, 3.63) is 35.9 Å². The third kappa shape index (κ3) is 5.18. The molecule has 2 amide bonds. The molecule has 7 nitrogen and oxygen atoms in total. The predicted molar refractivity (Wildman–Crippen MR) is 95.5 cm³/mol. The molecule has 0 unspecified atom stereocenters. The van der Waals surface area contributed by atoms with Gasteiger partial charge in [0, 0.05) is 6.54 Å². The van der Waals surface area contributed by atoms with E-state index in [1.165, 1.54) is 18.7 Å². The van der Waals surface area contributed by atoms with Crippen LogP contribution in [-0.2, 0) is 25.7 Å². The maximum absolute atomic E-state index is 12.7. The van der Waals surface area contributed by atoms with Gasteiger partial charge in [-0.25, -0.2) is 4.79 Å². The Hall–Kier alpha value is -2.78. The fraction of sp³-hybridized carbons (Fsp3) is 0.526. The van der Waals surface area contributed by atoms with Crippen LogP contribution < -0.4 is 5.32 Å². The number of amides is 2. The summed E-state index contributed by atoms with van der Waals surface area (Å²) in [5.74, 6) is -2.86. The van der Waals surface area contributed by atoms with Crippen LogP contribution in [0.5, 0.6) is 0 Å². The van der Waals surface area contributed by atoms with E-state index >= 15 is 0 Å². The van der Waals surface area contributed by atoms with Crippen molar-refractivity contribution in [3.63, 3.8) is 0 Å². The molecule has 1 aromatic rings. The number of ether oxygens (including phenoxy) is 2. The van der Waals surface area contributed by atoms with Crippen molar-refractivity contribution in [1.29, 1.82) is 0 Å². The summed E-state index contributed by atoms with van der Waals surface area (Å²) in [5, 5.41) is 1.89. The highest BCUT2D eigenvalue weighted by Crippen LogP contribution is 2.35. The molecule has 0 radical (unpaired) electrons. The number of nitrogens with zero attached hydrogens (tertiary/aromatic N) is 1. The molecule has 0 aromatic heterocycles. The first-order valence-corrected chi connectivity index (χ1v) is 8.92. The zero-order chi connectivity index (χ0) is 21.8. The van der Waals surface area contributed by atoms with E-state index < -0.39 is 41.6 Å². The average molecular weight is 416 g/mol. The third-order valence-electron chi connectivity index (χ3n) is 4.86. The summed E-state index contributed by atoms with van der Waals surface area (Å²) in [6.45, 7) is 2.86. The van der Waals surface area contributed by atoms with Gasteiger partial charge in [0.2, 0.25) is 0 Å². The SMILES string of the molecule is COC(=O)C(C)(C)[C@@H]1[C@@H](NC(=O)C(F)(F)F)CCN1C(=O)OCc1ccccc1. The number of benzene rings is 1. The van der Waals surface area contributed by atoms with Crippen molar-refractivity contribution in [2.45, 2.75) is 45.1 Å². The van der Waals surface area contributed by atoms with E-state index in [9.17, 15) is 27.6 Å². The van der Waals surface area contributed by atoms with Gasteiger partial charge in [0.25, 0.3) is 0 Å². The Kier molecular flexibility index (Phi) is 6.76. The van der Waals surface area contributed by atoms with Gasteiger partial charge in [-0.3, -0.25) is 9.59 Å². The topological polar surface area (TPSA) is 84.9 Å². The summed E-state index contributed by atoms with van der Waals surface area (Å²) >= 11 is 0. The second kappa shape index (κ2) is 8.71. The minimum Gasteiger partial charge on any atom is -0.469 e. The molecule has 1 aliphatic rings. The van der Waals surface area contributed by atoms with E-state index in [0.29, 0.717) is 0 Å². The molecule has 1 fully saturated rings. The molecule has 0 bridgehead atoms. The fourth-order valence-electron chi connectivity index (χ4n) is 3.48. The Morgan fingerprint density at radius 2 is 1.79 bits per heavy atom. The number of carbonyl (C=O) groups excluding carboxylic acids is 3. The molecule has 2 rings (SSSR count). The molecule has 1 aromatic carbocycles. The number of methoxy groups -OCH3 is 1. The van der Waals surface area contributed by atoms with Crippen LogP contribution in [0.3, 0.4) is 0 Å². The number of halogens is 3. The largest absolute Gasteiger partial charge is 0.471 e. The molecule has 1 N–H and O–H groups in total. The second-order valence-corrected chi connectivity index (χ2v) is 7.26. The van der Waals surface area contributed by atoms with Crippen molar-refractivity contribution < 1.29 is 37.0 Å². The van der Waals surface area contributed by atoms with Crippen LogP contribution in [0, 0.1) is 5.41 Å². The molecule has 0 spiro atoms. The summed E-state index contributed by atoms with van der Waals surface area (Å²) in [5.41, 5.74) is -0.661. The maximum Gasteiger partial charge on any atom is 0.471 e. The lowest BCUT2D eigenvalue weighted by Crippen LogP contribution is -2.58. The predicted octanol–water partition coefficient (Wildman–Crippen LogP) is 2.64. The van der Waals surface area contributed by atoms with Gasteiger partial charge in [-0.2, -0.15) is 13.2 Å². The Labute approximate surface area is 166 Å². The summed E-state index contributed by atoms with van der Waals surface area (Å²) in [6, 6.07) is 6.66. The summed E-state index contributed by atoms with van der Waals surface area (Å²) in [4.78, 5) is 37.5. The number of likely N-dealkylation sites (tertiary alicyclic amines) is 1. The van der Waals surface area contributed by atoms with E-state index in [1.807, 2.05) is 5.32 Å². The van der Waals surface area contributed by atoms with Crippen LogP contribution >= 0.6 is 0 Å². The first kappa shape index (κ1) is 22.5. The first-order chi connectivity index (χ1) is 13.5. The summed E-state index contributed by atoms with van der Waals surface area (Å²) in [6.07, 6.45) is -5.84. The number of esters is 1. The lowest BCUT2D eigenvalue weighted by Gasteiger charge is -2.38. The molecule has 160 valence electrons. The normalized spacial score (nSPS) is 19.6. The molecule has 2 atom stereocenters. The number of carbonyl (C=O) groups is 3. The number of hydrogen-bond acceptors (Lipinski definition) is 5. The Bertz CT molecular complexity index is 752. The fourth-order valence-corrected chi connectivity index (χ4v) is 3.48. The van der Waals surface area contributed by atoms with Crippen molar-refractivity contribution in [3.8, 4) is 0 Å². The van der Waals surface area contributed by atoms with Gasteiger partial charge in [-0.15, -0.1) is 0 Å². The van der Waals surface area contributed by atoms with E-state index in [2.05, 4.69) is 0 Å². The van der Waals surface area contributed by atoms with Crippen LogP contribution in [0.2, 0.25) is 0 Å². The zero-order valence-electron chi connectivity index (χ0n) is 16.3. The Morgan fingerprint density at radius 1 is 1.17 bits per heavy atom. The molecule has 0 saturated carbocycles. The van der Waals surface area contributed by atoms with E-state index in [0.717, 1.165) is 12.7 Å². The standard InChI is InChI=1S/C19H23F3N2O5/c1-18(2,16(26)28-3)14-13(23-15(25)19(20,21)22)9-10-24(14)17(27)29-11-12-7-5-4-6-8-12/h4-8,13-14H,9-11H2,1-3H3,(H,23,25)/t13-,14-/m0/s1. The summed E-state index contributed by atoms with van der Waals surface area (Å²) in [7, 11) is 1.14. The summed E-state index contributed by atoms with van der Waals surface area (Å²) < 4.78 is 48.1.